The van der Waals surface area contributed by atoms with E-state index >= 15 is 0 Å². The molecule has 0 bridgehead atoms. The minimum absolute atomic E-state index is 0.315. The fourth-order valence-corrected chi connectivity index (χ4v) is 1.52. The van der Waals surface area contributed by atoms with E-state index in [0.29, 0.717) is 19.1 Å². The zero-order valence-electron chi connectivity index (χ0n) is 11.1. The summed E-state index contributed by atoms with van der Waals surface area (Å²) in [5, 5.41) is 6.33. The van der Waals surface area contributed by atoms with Crippen LogP contribution in [0.1, 0.15) is 27.2 Å². The molecule has 0 fully saturated rings. The van der Waals surface area contributed by atoms with Crippen LogP contribution >= 0.6 is 0 Å². The Morgan fingerprint density at radius 3 is 2.47 bits per heavy atom. The van der Waals surface area contributed by atoms with Gasteiger partial charge in [-0.2, -0.15) is 0 Å². The van der Waals surface area contributed by atoms with Crippen LogP contribution in [-0.2, 0) is 10.0 Å². The van der Waals surface area contributed by atoms with Crippen LogP contribution in [0.4, 0.5) is 0 Å². The molecule has 0 amide bonds. The third kappa shape index (κ3) is 10.1. The van der Waals surface area contributed by atoms with Crippen LogP contribution in [0.3, 0.4) is 0 Å². The molecule has 0 aliphatic carbocycles. The first-order valence-corrected chi connectivity index (χ1v) is 7.77. The topological polar surface area (TPSA) is 82.6 Å². The van der Waals surface area contributed by atoms with Gasteiger partial charge in [-0.05, 0) is 20.3 Å². The number of nitrogens with one attached hydrogen (secondary N) is 3. The number of hydrogen-bond acceptors (Lipinski definition) is 3. The van der Waals surface area contributed by atoms with Crippen LogP contribution < -0.4 is 15.4 Å². The average molecular weight is 264 g/mol. The summed E-state index contributed by atoms with van der Waals surface area (Å²) in [5.74, 6) is 0.720. The molecule has 17 heavy (non-hydrogen) atoms. The molecule has 0 radical (unpaired) electrons. The van der Waals surface area contributed by atoms with Gasteiger partial charge in [0.15, 0.2) is 5.96 Å². The molecule has 0 saturated carbocycles. The predicted octanol–water partition coefficient (Wildman–Crippen LogP) is -0.111. The van der Waals surface area contributed by atoms with Crippen molar-refractivity contribution >= 4 is 16.0 Å². The molecule has 1 unspecified atom stereocenters. The number of hydrogen-bond donors (Lipinski definition) is 3. The van der Waals surface area contributed by atoms with Gasteiger partial charge in [-0.15, -0.1) is 0 Å². The molecule has 0 aromatic carbocycles. The number of nitrogens with zero attached hydrogens (tertiary/aromatic N) is 1. The largest absolute Gasteiger partial charge is 0.357 e. The summed E-state index contributed by atoms with van der Waals surface area (Å²) in [5.41, 5.74) is 0. The van der Waals surface area contributed by atoms with Crippen molar-refractivity contribution in [1.82, 2.24) is 15.4 Å². The fourth-order valence-electron chi connectivity index (χ4n) is 1.05. The first-order valence-electron chi connectivity index (χ1n) is 5.88. The molecule has 7 heteroatoms. The Labute approximate surface area is 104 Å². The Balaban J connectivity index is 4.11. The van der Waals surface area contributed by atoms with Gasteiger partial charge < -0.3 is 10.6 Å². The summed E-state index contributed by atoms with van der Waals surface area (Å²) >= 11 is 0. The molecular weight excluding hydrogens is 240 g/mol. The summed E-state index contributed by atoms with van der Waals surface area (Å²) in [6.07, 6.45) is 2.14. The second kappa shape index (κ2) is 8.30. The van der Waals surface area contributed by atoms with Gasteiger partial charge in [-0.25, -0.2) is 13.1 Å². The van der Waals surface area contributed by atoms with Crippen molar-refractivity contribution < 1.29 is 8.42 Å². The molecule has 1 atom stereocenters. The van der Waals surface area contributed by atoms with Crippen molar-refractivity contribution in [2.75, 3.05) is 25.9 Å². The summed E-state index contributed by atoms with van der Waals surface area (Å²) in [7, 11) is -3.12. The van der Waals surface area contributed by atoms with Gasteiger partial charge in [0.1, 0.15) is 0 Å². The summed E-state index contributed by atoms with van der Waals surface area (Å²) in [6, 6.07) is 0.343. The zero-order chi connectivity index (χ0) is 13.3. The van der Waals surface area contributed by atoms with Crippen molar-refractivity contribution in [2.24, 2.45) is 4.99 Å². The molecule has 0 rings (SSSR count). The summed E-state index contributed by atoms with van der Waals surface area (Å²) in [6.45, 7) is 7.66. The molecule has 0 aliphatic heterocycles. The molecule has 0 heterocycles. The Hall–Kier alpha value is -0.820. The Kier molecular flexibility index (Phi) is 7.90. The lowest BCUT2D eigenvalue weighted by atomic mass is 10.3. The van der Waals surface area contributed by atoms with Gasteiger partial charge >= 0.3 is 0 Å². The van der Waals surface area contributed by atoms with Crippen LogP contribution in [0.15, 0.2) is 4.99 Å². The number of guanidine groups is 1. The van der Waals surface area contributed by atoms with E-state index in [-0.39, 0.29) is 0 Å². The van der Waals surface area contributed by atoms with Gasteiger partial charge in [-0.3, -0.25) is 4.99 Å². The third-order valence-corrected chi connectivity index (χ3v) is 2.81. The normalized spacial score (nSPS) is 14.5. The molecule has 3 N–H and O–H groups in total. The van der Waals surface area contributed by atoms with Crippen molar-refractivity contribution in [2.45, 2.75) is 33.2 Å². The van der Waals surface area contributed by atoms with Crippen LogP contribution in [0.25, 0.3) is 0 Å². The van der Waals surface area contributed by atoms with Crippen LogP contribution in [0.2, 0.25) is 0 Å². The molecule has 0 aromatic rings. The van der Waals surface area contributed by atoms with Gasteiger partial charge in [0.2, 0.25) is 10.0 Å². The van der Waals surface area contributed by atoms with Crippen molar-refractivity contribution in [3.8, 4) is 0 Å². The monoisotopic (exact) mass is 264 g/mol. The maximum Gasteiger partial charge on any atom is 0.208 e. The van der Waals surface area contributed by atoms with Crippen molar-refractivity contribution in [1.29, 1.82) is 0 Å². The lowest BCUT2D eigenvalue weighted by Crippen LogP contribution is -2.42. The van der Waals surface area contributed by atoms with E-state index in [4.69, 9.17) is 0 Å². The molecule has 6 nitrogen and oxygen atoms in total. The molecule has 102 valence electrons. The standard InChI is InChI=1S/C10H24N4O2S/c1-5-9(3)14-10(11-6-2)12-7-8-13-17(4,15)16/h9,13H,5-8H2,1-4H3,(H2,11,12,14). The maximum atomic E-state index is 10.8. The Bertz CT molecular complexity index is 327. The predicted molar refractivity (Wildman–Crippen MR) is 71.7 cm³/mol. The zero-order valence-corrected chi connectivity index (χ0v) is 11.9. The lowest BCUT2D eigenvalue weighted by Gasteiger charge is -2.16. The average Bonchev–Trinajstić information content (AvgIpc) is 2.23. The van der Waals surface area contributed by atoms with Crippen LogP contribution in [0.5, 0.6) is 0 Å². The first kappa shape index (κ1) is 16.2. The lowest BCUT2D eigenvalue weighted by molar-refractivity contribution is 0.587. The van der Waals surface area contributed by atoms with Crippen LogP contribution in [0, 0.1) is 0 Å². The Morgan fingerprint density at radius 1 is 1.35 bits per heavy atom. The van der Waals surface area contributed by atoms with Crippen molar-refractivity contribution in [3.05, 3.63) is 0 Å². The molecular formula is C10H24N4O2S. The summed E-state index contributed by atoms with van der Waals surface area (Å²) < 4.78 is 24.1. The SMILES string of the molecule is CCNC(=NCCNS(C)(=O)=O)NC(C)CC. The number of rotatable bonds is 7. The van der Waals surface area contributed by atoms with Gasteiger partial charge in [0.05, 0.1) is 12.8 Å². The van der Waals surface area contributed by atoms with Gasteiger partial charge in [0.25, 0.3) is 0 Å². The minimum Gasteiger partial charge on any atom is -0.357 e. The fraction of sp³-hybridized carbons (Fsp3) is 0.900. The van der Waals surface area contributed by atoms with E-state index < -0.39 is 10.0 Å². The highest BCUT2D eigenvalue weighted by Gasteiger charge is 2.02. The molecule has 0 saturated heterocycles. The van der Waals surface area contributed by atoms with E-state index in [9.17, 15) is 8.42 Å². The first-order chi connectivity index (χ1) is 7.89. The minimum atomic E-state index is -3.12. The van der Waals surface area contributed by atoms with Gasteiger partial charge in [-0.1, -0.05) is 6.92 Å². The second-order valence-corrected chi connectivity index (χ2v) is 5.71. The molecule has 0 aromatic heterocycles. The van der Waals surface area contributed by atoms with E-state index in [1.54, 1.807) is 0 Å². The number of aliphatic imine (C=N–C) groups is 1. The molecule has 0 spiro atoms. The van der Waals surface area contributed by atoms with E-state index in [1.807, 2.05) is 6.92 Å². The molecule has 0 aliphatic rings. The highest BCUT2D eigenvalue weighted by molar-refractivity contribution is 7.88. The second-order valence-electron chi connectivity index (χ2n) is 3.88. The van der Waals surface area contributed by atoms with E-state index in [2.05, 4.69) is 34.2 Å². The Morgan fingerprint density at radius 2 is 2.00 bits per heavy atom. The quantitative estimate of drug-likeness (QED) is 0.340. The summed E-state index contributed by atoms with van der Waals surface area (Å²) in [4.78, 5) is 4.27. The maximum absolute atomic E-state index is 10.8. The van der Waals surface area contributed by atoms with Crippen molar-refractivity contribution in [3.63, 3.8) is 0 Å². The third-order valence-electron chi connectivity index (χ3n) is 2.09. The highest BCUT2D eigenvalue weighted by Crippen LogP contribution is 1.87. The van der Waals surface area contributed by atoms with Crippen LogP contribution in [-0.4, -0.2) is 46.3 Å². The van der Waals surface area contributed by atoms with Gasteiger partial charge in [0, 0.05) is 19.1 Å². The smallest absolute Gasteiger partial charge is 0.208 e. The number of sulfonamides is 1. The van der Waals surface area contributed by atoms with E-state index in [1.165, 1.54) is 0 Å². The highest BCUT2D eigenvalue weighted by atomic mass is 32.2. The van der Waals surface area contributed by atoms with E-state index in [0.717, 1.165) is 25.2 Å².